The maximum Gasteiger partial charge on any atom is 0.193 e. The Kier molecular flexibility index (Phi) is 3.92. The average Bonchev–Trinajstić information content (AvgIpc) is 2.60. The maximum atomic E-state index is 12.8. The second kappa shape index (κ2) is 6.02. The van der Waals surface area contributed by atoms with Gasteiger partial charge in [0.2, 0.25) is 0 Å². The van der Waals surface area contributed by atoms with Crippen LogP contribution in [0.5, 0.6) is 5.75 Å². The molecule has 0 saturated heterocycles. The topological polar surface area (TPSA) is 26.3 Å². The van der Waals surface area contributed by atoms with E-state index in [1.807, 2.05) is 60.7 Å². The van der Waals surface area contributed by atoms with Gasteiger partial charge in [-0.05, 0) is 34.9 Å². The third-order valence-electron chi connectivity index (χ3n) is 3.97. The van der Waals surface area contributed by atoms with Crippen molar-refractivity contribution in [3.05, 3.63) is 77.4 Å². The van der Waals surface area contributed by atoms with E-state index >= 15 is 0 Å². The van der Waals surface area contributed by atoms with Gasteiger partial charge in [0, 0.05) is 11.1 Å². The molecule has 0 atom stereocenters. The molecule has 3 rings (SSSR count). The molecular formula is C20H18O2. The normalized spacial score (nSPS) is 10.6. The zero-order valence-corrected chi connectivity index (χ0v) is 12.8. The highest BCUT2D eigenvalue weighted by Gasteiger charge is 2.15. The van der Waals surface area contributed by atoms with E-state index < -0.39 is 0 Å². The highest BCUT2D eigenvalue weighted by atomic mass is 16.5. The van der Waals surface area contributed by atoms with Crippen molar-refractivity contribution in [1.29, 1.82) is 0 Å². The standard InChI is InChI=1S/C20H18O2/c1-3-17-18-12-10-16(22-2)13-15(18)9-11-19(17)20(21)14-7-5-4-6-8-14/h4-13H,3H2,1-2H3. The lowest BCUT2D eigenvalue weighted by Gasteiger charge is -2.12. The minimum atomic E-state index is 0.0789. The van der Waals surface area contributed by atoms with E-state index in [4.69, 9.17) is 4.74 Å². The SMILES string of the molecule is CCc1c(C(=O)c2ccccc2)ccc2cc(OC)ccc12. The van der Waals surface area contributed by atoms with Crippen LogP contribution >= 0.6 is 0 Å². The van der Waals surface area contributed by atoms with Gasteiger partial charge in [-0.2, -0.15) is 0 Å². The number of aryl methyl sites for hydroxylation is 1. The van der Waals surface area contributed by atoms with Crippen molar-refractivity contribution in [3.8, 4) is 5.75 Å². The fraction of sp³-hybridized carbons (Fsp3) is 0.150. The first-order valence-corrected chi connectivity index (χ1v) is 7.44. The minimum Gasteiger partial charge on any atom is -0.497 e. The molecule has 0 aliphatic rings. The predicted octanol–water partition coefficient (Wildman–Crippen LogP) is 4.64. The summed E-state index contributed by atoms with van der Waals surface area (Å²) in [5, 5.41) is 2.21. The number of ether oxygens (including phenoxy) is 1. The number of benzene rings is 3. The molecule has 22 heavy (non-hydrogen) atoms. The highest BCUT2D eigenvalue weighted by molar-refractivity contribution is 6.12. The van der Waals surface area contributed by atoms with Gasteiger partial charge in [0.1, 0.15) is 5.75 Å². The van der Waals surface area contributed by atoms with Gasteiger partial charge in [0.25, 0.3) is 0 Å². The van der Waals surface area contributed by atoms with E-state index in [0.717, 1.165) is 39.6 Å². The van der Waals surface area contributed by atoms with Crippen molar-refractivity contribution in [2.45, 2.75) is 13.3 Å². The summed E-state index contributed by atoms with van der Waals surface area (Å²) in [6.45, 7) is 2.08. The third-order valence-corrected chi connectivity index (χ3v) is 3.97. The number of hydrogen-bond acceptors (Lipinski definition) is 2. The summed E-state index contributed by atoms with van der Waals surface area (Å²) in [7, 11) is 1.66. The van der Waals surface area contributed by atoms with Gasteiger partial charge >= 0.3 is 0 Å². The lowest BCUT2D eigenvalue weighted by molar-refractivity contribution is 0.103. The summed E-state index contributed by atoms with van der Waals surface area (Å²) in [5.74, 6) is 0.909. The second-order valence-electron chi connectivity index (χ2n) is 5.23. The Hall–Kier alpha value is -2.61. The Bertz CT molecular complexity index is 820. The molecule has 2 nitrogen and oxygen atoms in total. The number of fused-ring (bicyclic) bond motifs is 1. The van der Waals surface area contributed by atoms with Crippen molar-refractivity contribution >= 4 is 16.6 Å². The van der Waals surface area contributed by atoms with Crippen LogP contribution in [0, 0.1) is 0 Å². The van der Waals surface area contributed by atoms with E-state index in [1.54, 1.807) is 7.11 Å². The van der Waals surface area contributed by atoms with Gasteiger partial charge in [0.05, 0.1) is 7.11 Å². The molecule has 3 aromatic carbocycles. The summed E-state index contributed by atoms with van der Waals surface area (Å²) in [6, 6.07) is 19.3. The molecule has 0 heterocycles. The summed E-state index contributed by atoms with van der Waals surface area (Å²) < 4.78 is 5.28. The van der Waals surface area contributed by atoms with E-state index in [-0.39, 0.29) is 5.78 Å². The quantitative estimate of drug-likeness (QED) is 0.654. The van der Waals surface area contributed by atoms with Crippen LogP contribution in [0.2, 0.25) is 0 Å². The predicted molar refractivity (Wildman–Crippen MR) is 89.8 cm³/mol. The zero-order chi connectivity index (χ0) is 15.5. The van der Waals surface area contributed by atoms with Crippen LogP contribution in [0.15, 0.2) is 60.7 Å². The van der Waals surface area contributed by atoms with Crippen molar-refractivity contribution in [3.63, 3.8) is 0 Å². The third kappa shape index (κ3) is 2.48. The molecule has 0 aliphatic carbocycles. The van der Waals surface area contributed by atoms with Crippen LogP contribution in [0.4, 0.5) is 0 Å². The van der Waals surface area contributed by atoms with E-state index in [9.17, 15) is 4.79 Å². The van der Waals surface area contributed by atoms with Crippen molar-refractivity contribution in [2.24, 2.45) is 0 Å². The number of methoxy groups -OCH3 is 1. The average molecular weight is 290 g/mol. The smallest absolute Gasteiger partial charge is 0.193 e. The molecule has 0 aliphatic heterocycles. The van der Waals surface area contributed by atoms with Crippen molar-refractivity contribution in [2.75, 3.05) is 7.11 Å². The molecule has 0 aromatic heterocycles. The van der Waals surface area contributed by atoms with Crippen LogP contribution in [-0.2, 0) is 6.42 Å². The molecule has 0 spiro atoms. The first kappa shape index (κ1) is 14.3. The molecule has 0 saturated carbocycles. The van der Waals surface area contributed by atoms with Crippen LogP contribution in [-0.4, -0.2) is 12.9 Å². The largest absolute Gasteiger partial charge is 0.497 e. The molecule has 110 valence electrons. The van der Waals surface area contributed by atoms with Crippen LogP contribution in [0.25, 0.3) is 10.8 Å². The summed E-state index contributed by atoms with van der Waals surface area (Å²) in [4.78, 5) is 12.8. The summed E-state index contributed by atoms with van der Waals surface area (Å²) in [6.07, 6.45) is 0.817. The van der Waals surface area contributed by atoms with E-state index in [1.165, 1.54) is 0 Å². The molecule has 0 N–H and O–H groups in total. The fourth-order valence-electron chi connectivity index (χ4n) is 2.84. The fourth-order valence-corrected chi connectivity index (χ4v) is 2.84. The molecule has 0 bridgehead atoms. The highest BCUT2D eigenvalue weighted by Crippen LogP contribution is 2.28. The van der Waals surface area contributed by atoms with Gasteiger partial charge in [-0.1, -0.05) is 55.5 Å². The van der Waals surface area contributed by atoms with E-state index in [0.29, 0.717) is 0 Å². The first-order valence-electron chi connectivity index (χ1n) is 7.44. The monoisotopic (exact) mass is 290 g/mol. The molecule has 0 radical (unpaired) electrons. The number of carbonyl (C=O) groups is 1. The van der Waals surface area contributed by atoms with Crippen molar-refractivity contribution in [1.82, 2.24) is 0 Å². The maximum absolute atomic E-state index is 12.8. The Labute approximate surface area is 130 Å². The number of carbonyl (C=O) groups excluding carboxylic acids is 1. The first-order chi connectivity index (χ1) is 10.7. The summed E-state index contributed by atoms with van der Waals surface area (Å²) >= 11 is 0. The number of hydrogen-bond donors (Lipinski definition) is 0. The molecule has 3 aromatic rings. The molecule has 0 unspecified atom stereocenters. The Morgan fingerprint density at radius 3 is 2.45 bits per heavy atom. The zero-order valence-electron chi connectivity index (χ0n) is 12.8. The van der Waals surface area contributed by atoms with Gasteiger partial charge in [-0.3, -0.25) is 4.79 Å². The number of ketones is 1. The van der Waals surface area contributed by atoms with Gasteiger partial charge in [-0.15, -0.1) is 0 Å². The molecule has 2 heteroatoms. The van der Waals surface area contributed by atoms with Gasteiger partial charge in [0.15, 0.2) is 5.78 Å². The molecule has 0 fully saturated rings. The minimum absolute atomic E-state index is 0.0789. The van der Waals surface area contributed by atoms with Crippen LogP contribution in [0.1, 0.15) is 28.4 Å². The lowest BCUT2D eigenvalue weighted by Crippen LogP contribution is -2.05. The summed E-state index contributed by atoms with van der Waals surface area (Å²) in [5.41, 5.74) is 2.60. The second-order valence-corrected chi connectivity index (χ2v) is 5.23. The lowest BCUT2D eigenvalue weighted by atomic mass is 9.92. The molecular weight excluding hydrogens is 272 g/mol. The van der Waals surface area contributed by atoms with Crippen LogP contribution < -0.4 is 4.74 Å². The Morgan fingerprint density at radius 1 is 1.00 bits per heavy atom. The van der Waals surface area contributed by atoms with E-state index in [2.05, 4.69) is 6.92 Å². The van der Waals surface area contributed by atoms with Gasteiger partial charge < -0.3 is 4.74 Å². The van der Waals surface area contributed by atoms with Gasteiger partial charge in [-0.25, -0.2) is 0 Å². The number of rotatable bonds is 4. The van der Waals surface area contributed by atoms with Crippen LogP contribution in [0.3, 0.4) is 0 Å². The molecule has 0 amide bonds. The van der Waals surface area contributed by atoms with Crippen molar-refractivity contribution < 1.29 is 9.53 Å². The Morgan fingerprint density at radius 2 is 1.77 bits per heavy atom. The Balaban J connectivity index is 2.16.